The van der Waals surface area contributed by atoms with Crippen LogP contribution in [0.15, 0.2) is 18.6 Å². The van der Waals surface area contributed by atoms with Crippen LogP contribution in [0.2, 0.25) is 0 Å². The Labute approximate surface area is 86.0 Å². The molecule has 1 aromatic heterocycles. The SMILES string of the molecule is CCNC(C)C(CC)c1cnccn1. The van der Waals surface area contributed by atoms with E-state index in [1.54, 1.807) is 12.4 Å². The summed E-state index contributed by atoms with van der Waals surface area (Å²) < 4.78 is 0. The summed E-state index contributed by atoms with van der Waals surface area (Å²) in [7, 11) is 0. The summed E-state index contributed by atoms with van der Waals surface area (Å²) in [6, 6.07) is 0.460. The Morgan fingerprint density at radius 1 is 1.36 bits per heavy atom. The van der Waals surface area contributed by atoms with E-state index in [-0.39, 0.29) is 0 Å². The molecule has 14 heavy (non-hydrogen) atoms. The molecule has 0 saturated heterocycles. The van der Waals surface area contributed by atoms with Gasteiger partial charge in [0.1, 0.15) is 0 Å². The summed E-state index contributed by atoms with van der Waals surface area (Å²) in [5.74, 6) is 0.462. The third-order valence-corrected chi connectivity index (χ3v) is 2.53. The van der Waals surface area contributed by atoms with Crippen LogP contribution >= 0.6 is 0 Å². The van der Waals surface area contributed by atoms with E-state index in [1.807, 2.05) is 6.20 Å². The summed E-state index contributed by atoms with van der Waals surface area (Å²) in [5, 5.41) is 3.43. The van der Waals surface area contributed by atoms with Crippen molar-refractivity contribution in [1.82, 2.24) is 15.3 Å². The molecule has 2 unspecified atom stereocenters. The van der Waals surface area contributed by atoms with Gasteiger partial charge in [-0.2, -0.15) is 0 Å². The molecule has 0 amide bonds. The Kier molecular flexibility index (Phi) is 4.53. The second-order valence-electron chi connectivity index (χ2n) is 3.49. The van der Waals surface area contributed by atoms with Crippen molar-refractivity contribution in [1.29, 1.82) is 0 Å². The number of hydrogen-bond donors (Lipinski definition) is 1. The van der Waals surface area contributed by atoms with Crippen molar-refractivity contribution in [2.45, 2.75) is 39.2 Å². The van der Waals surface area contributed by atoms with Crippen LogP contribution < -0.4 is 5.32 Å². The van der Waals surface area contributed by atoms with Gasteiger partial charge in [0.25, 0.3) is 0 Å². The third kappa shape index (κ3) is 2.77. The molecule has 0 bridgehead atoms. The highest BCUT2D eigenvalue weighted by Crippen LogP contribution is 2.20. The van der Waals surface area contributed by atoms with Crippen molar-refractivity contribution in [2.24, 2.45) is 0 Å². The van der Waals surface area contributed by atoms with E-state index < -0.39 is 0 Å². The number of rotatable bonds is 5. The lowest BCUT2D eigenvalue weighted by atomic mass is 9.95. The summed E-state index contributed by atoms with van der Waals surface area (Å²) in [5.41, 5.74) is 1.09. The van der Waals surface area contributed by atoms with Gasteiger partial charge in [-0.25, -0.2) is 0 Å². The first-order valence-corrected chi connectivity index (χ1v) is 5.28. The predicted molar refractivity (Wildman–Crippen MR) is 58.2 cm³/mol. The minimum atomic E-state index is 0.460. The zero-order chi connectivity index (χ0) is 10.4. The van der Waals surface area contributed by atoms with Gasteiger partial charge in [0.2, 0.25) is 0 Å². The summed E-state index contributed by atoms with van der Waals surface area (Å²) in [6.07, 6.45) is 6.43. The smallest absolute Gasteiger partial charge is 0.0632 e. The number of likely N-dealkylation sites (N-methyl/N-ethyl adjacent to an activating group) is 1. The van der Waals surface area contributed by atoms with E-state index >= 15 is 0 Å². The van der Waals surface area contributed by atoms with Gasteiger partial charge in [-0.1, -0.05) is 13.8 Å². The summed E-state index contributed by atoms with van der Waals surface area (Å²) >= 11 is 0. The molecular formula is C11H19N3. The first-order valence-electron chi connectivity index (χ1n) is 5.28. The fraction of sp³-hybridized carbons (Fsp3) is 0.636. The van der Waals surface area contributed by atoms with E-state index in [2.05, 4.69) is 36.1 Å². The zero-order valence-electron chi connectivity index (χ0n) is 9.20. The zero-order valence-corrected chi connectivity index (χ0v) is 9.20. The quantitative estimate of drug-likeness (QED) is 0.777. The van der Waals surface area contributed by atoms with Crippen molar-refractivity contribution >= 4 is 0 Å². The van der Waals surface area contributed by atoms with Crippen LogP contribution in [-0.2, 0) is 0 Å². The monoisotopic (exact) mass is 193 g/mol. The normalized spacial score (nSPS) is 15.1. The van der Waals surface area contributed by atoms with Gasteiger partial charge < -0.3 is 5.32 Å². The van der Waals surface area contributed by atoms with Gasteiger partial charge in [0.05, 0.1) is 5.69 Å². The lowest BCUT2D eigenvalue weighted by Gasteiger charge is -2.22. The maximum Gasteiger partial charge on any atom is 0.0632 e. The standard InChI is InChI=1S/C11H19N3/c1-4-10(9(3)13-5-2)11-8-12-6-7-14-11/h6-10,13H,4-5H2,1-3H3. The highest BCUT2D eigenvalue weighted by molar-refractivity contribution is 5.06. The predicted octanol–water partition coefficient (Wildman–Crippen LogP) is 1.97. The van der Waals surface area contributed by atoms with Gasteiger partial charge in [0, 0.05) is 30.6 Å². The van der Waals surface area contributed by atoms with Gasteiger partial charge in [0.15, 0.2) is 0 Å². The largest absolute Gasteiger partial charge is 0.314 e. The van der Waals surface area contributed by atoms with Gasteiger partial charge in [-0.3, -0.25) is 9.97 Å². The Morgan fingerprint density at radius 2 is 2.14 bits per heavy atom. The number of nitrogens with one attached hydrogen (secondary N) is 1. The molecule has 0 spiro atoms. The van der Waals surface area contributed by atoms with Crippen molar-refractivity contribution in [3.63, 3.8) is 0 Å². The minimum Gasteiger partial charge on any atom is -0.314 e. The molecule has 78 valence electrons. The lowest BCUT2D eigenvalue weighted by molar-refractivity contribution is 0.451. The van der Waals surface area contributed by atoms with Gasteiger partial charge in [-0.15, -0.1) is 0 Å². The molecule has 0 aliphatic rings. The second-order valence-corrected chi connectivity index (χ2v) is 3.49. The third-order valence-electron chi connectivity index (χ3n) is 2.53. The molecule has 3 heteroatoms. The first kappa shape index (κ1) is 11.1. The Balaban J connectivity index is 2.71. The molecule has 0 fully saturated rings. The van der Waals surface area contributed by atoms with Crippen LogP contribution in [0.25, 0.3) is 0 Å². The first-order chi connectivity index (χ1) is 6.79. The molecule has 1 heterocycles. The fourth-order valence-electron chi connectivity index (χ4n) is 1.79. The molecular weight excluding hydrogens is 174 g/mol. The van der Waals surface area contributed by atoms with E-state index in [0.29, 0.717) is 12.0 Å². The molecule has 3 nitrogen and oxygen atoms in total. The molecule has 1 aromatic rings. The maximum atomic E-state index is 4.35. The summed E-state index contributed by atoms with van der Waals surface area (Å²) in [4.78, 5) is 8.46. The van der Waals surface area contributed by atoms with Crippen LogP contribution in [0.3, 0.4) is 0 Å². The van der Waals surface area contributed by atoms with Crippen LogP contribution in [0.5, 0.6) is 0 Å². The number of hydrogen-bond acceptors (Lipinski definition) is 3. The van der Waals surface area contributed by atoms with Crippen molar-refractivity contribution in [2.75, 3.05) is 6.54 Å². The van der Waals surface area contributed by atoms with Crippen LogP contribution in [-0.4, -0.2) is 22.6 Å². The number of aromatic nitrogens is 2. The van der Waals surface area contributed by atoms with Crippen LogP contribution in [0.4, 0.5) is 0 Å². The Bertz CT molecular complexity index is 248. The topological polar surface area (TPSA) is 37.8 Å². The molecule has 2 atom stereocenters. The molecule has 0 radical (unpaired) electrons. The van der Waals surface area contributed by atoms with Gasteiger partial charge in [-0.05, 0) is 19.9 Å². The molecule has 0 aliphatic carbocycles. The number of nitrogens with zero attached hydrogens (tertiary/aromatic N) is 2. The van der Waals surface area contributed by atoms with E-state index in [4.69, 9.17) is 0 Å². The molecule has 1 rings (SSSR count). The average molecular weight is 193 g/mol. The van der Waals surface area contributed by atoms with Gasteiger partial charge >= 0.3 is 0 Å². The Morgan fingerprint density at radius 3 is 2.64 bits per heavy atom. The Hall–Kier alpha value is -0.960. The van der Waals surface area contributed by atoms with E-state index in [0.717, 1.165) is 18.7 Å². The highest BCUT2D eigenvalue weighted by Gasteiger charge is 2.17. The minimum absolute atomic E-state index is 0.460. The average Bonchev–Trinajstić information content (AvgIpc) is 2.21. The molecule has 1 N–H and O–H groups in total. The van der Waals surface area contributed by atoms with Crippen molar-refractivity contribution < 1.29 is 0 Å². The second kappa shape index (κ2) is 5.70. The van der Waals surface area contributed by atoms with Crippen molar-refractivity contribution in [3.05, 3.63) is 24.3 Å². The van der Waals surface area contributed by atoms with Crippen molar-refractivity contribution in [3.8, 4) is 0 Å². The van der Waals surface area contributed by atoms with Crippen LogP contribution in [0.1, 0.15) is 38.8 Å². The lowest BCUT2D eigenvalue weighted by Crippen LogP contribution is -2.32. The molecule has 0 aliphatic heterocycles. The summed E-state index contributed by atoms with van der Waals surface area (Å²) in [6.45, 7) is 7.51. The fourth-order valence-corrected chi connectivity index (χ4v) is 1.79. The molecule has 0 saturated carbocycles. The van der Waals surface area contributed by atoms with E-state index in [9.17, 15) is 0 Å². The van der Waals surface area contributed by atoms with E-state index in [1.165, 1.54) is 0 Å². The maximum absolute atomic E-state index is 4.35. The highest BCUT2D eigenvalue weighted by atomic mass is 14.9. The van der Waals surface area contributed by atoms with Crippen LogP contribution in [0, 0.1) is 0 Å². The molecule has 0 aromatic carbocycles.